The highest BCUT2D eigenvalue weighted by atomic mass is 35.5. The molecular weight excluding hydrogens is 495 g/mol. The smallest absolute Gasteiger partial charge is 0.130 e. The molecule has 0 bridgehead atoms. The van der Waals surface area contributed by atoms with Crippen LogP contribution in [0.4, 0.5) is 0 Å². The topological polar surface area (TPSA) is 82.9 Å². The molecule has 3 rings (SSSR count). The summed E-state index contributed by atoms with van der Waals surface area (Å²) in [6.07, 6.45) is 0.00674. The molecule has 3 aromatic carbocycles. The molecule has 6 N–H and O–H groups in total. The zero-order valence-electron chi connectivity index (χ0n) is 21.4. The van der Waals surface area contributed by atoms with E-state index in [-0.39, 0.29) is 36.9 Å². The second kappa shape index (κ2) is 16.6. The number of quaternary nitrogens is 2. The number of aliphatic hydroxyl groups is 2. The van der Waals surface area contributed by atoms with E-state index in [1.165, 1.54) is 0 Å². The summed E-state index contributed by atoms with van der Waals surface area (Å²) >= 11 is 0. The molecule has 0 aromatic heterocycles. The van der Waals surface area contributed by atoms with Gasteiger partial charge in [-0.15, -0.1) is 0 Å². The Kier molecular flexibility index (Phi) is 14.7. The number of ether oxygens (including phenoxy) is 1. The summed E-state index contributed by atoms with van der Waals surface area (Å²) in [4.78, 5) is 0. The zero-order chi connectivity index (χ0) is 24.3. The largest absolute Gasteiger partial charge is 1.00 e. The lowest BCUT2D eigenvalue weighted by Gasteiger charge is -2.20. The summed E-state index contributed by atoms with van der Waals surface area (Å²) in [5, 5.41) is 25.7. The van der Waals surface area contributed by atoms with Crippen molar-refractivity contribution in [2.75, 3.05) is 13.1 Å². The molecule has 0 aliphatic carbocycles. The van der Waals surface area contributed by atoms with Crippen molar-refractivity contribution < 1.29 is 50.4 Å². The predicted octanol–water partition coefficient (Wildman–Crippen LogP) is -3.36. The third kappa shape index (κ3) is 9.74. The molecule has 198 valence electrons. The number of hydrogen-bond donors (Lipinski definition) is 4. The maximum absolute atomic E-state index is 10.8. The maximum atomic E-state index is 10.8. The molecule has 3 aromatic rings. The van der Waals surface area contributed by atoms with Crippen molar-refractivity contribution in [3.63, 3.8) is 0 Å². The Hall–Kier alpha value is -2.12. The number of aryl methyl sites for hydroxylation is 1. The monoisotopic (exact) mass is 534 g/mol. The van der Waals surface area contributed by atoms with Gasteiger partial charge in [-0.25, -0.2) is 0 Å². The first-order valence-electron chi connectivity index (χ1n) is 12.3. The van der Waals surface area contributed by atoms with Gasteiger partial charge in [0.25, 0.3) is 0 Å². The SMILES string of the molecule is Cc1cc(C(O)C(C)[NH2+]CCC[NH2+]C(C)C(O)c2ccccc2)ccc1OCc1ccccc1.[Cl-].[Cl-]. The summed E-state index contributed by atoms with van der Waals surface area (Å²) in [5.74, 6) is 0.846. The summed E-state index contributed by atoms with van der Waals surface area (Å²) in [7, 11) is 0. The van der Waals surface area contributed by atoms with Crippen molar-refractivity contribution in [3.8, 4) is 5.75 Å². The van der Waals surface area contributed by atoms with E-state index < -0.39 is 12.2 Å². The average molecular weight is 536 g/mol. The van der Waals surface area contributed by atoms with E-state index >= 15 is 0 Å². The molecule has 7 heteroatoms. The standard InChI is InChI=1S/C29H38N2O3.2ClH/c1-21-19-26(15-16-27(21)34-20-24-11-6-4-7-12-24)29(33)23(3)31-18-10-17-30-22(2)28(32)25-13-8-5-9-14-25;;/h4-9,11-16,19,22-23,28-33H,10,17-18,20H2,1-3H3;2*1H. The molecular formula is C29H40Cl2N2O3. The second-order valence-corrected chi connectivity index (χ2v) is 9.22. The summed E-state index contributed by atoms with van der Waals surface area (Å²) in [6.45, 7) is 8.54. The van der Waals surface area contributed by atoms with Crippen LogP contribution in [-0.2, 0) is 6.61 Å². The van der Waals surface area contributed by atoms with Gasteiger partial charge in [0.1, 0.15) is 36.6 Å². The van der Waals surface area contributed by atoms with Crippen molar-refractivity contribution >= 4 is 0 Å². The van der Waals surface area contributed by atoms with Gasteiger partial charge in [-0.05, 0) is 55.2 Å². The molecule has 0 amide bonds. The summed E-state index contributed by atoms with van der Waals surface area (Å²) in [5.41, 5.74) is 4.04. The van der Waals surface area contributed by atoms with Crippen LogP contribution in [0.25, 0.3) is 0 Å². The third-order valence-corrected chi connectivity index (χ3v) is 6.40. The fraction of sp³-hybridized carbons (Fsp3) is 0.379. The van der Waals surface area contributed by atoms with Crippen LogP contribution < -0.4 is 40.2 Å². The van der Waals surface area contributed by atoms with Crippen molar-refractivity contribution in [2.45, 2.75) is 58.1 Å². The van der Waals surface area contributed by atoms with E-state index in [4.69, 9.17) is 4.74 Å². The highest BCUT2D eigenvalue weighted by Crippen LogP contribution is 2.24. The maximum Gasteiger partial charge on any atom is 0.130 e. The first kappa shape index (κ1) is 31.9. The van der Waals surface area contributed by atoms with E-state index in [0.717, 1.165) is 47.5 Å². The van der Waals surface area contributed by atoms with Crippen molar-refractivity contribution in [1.82, 2.24) is 0 Å². The molecule has 4 unspecified atom stereocenters. The van der Waals surface area contributed by atoms with Crippen LogP contribution in [-0.4, -0.2) is 35.4 Å². The molecule has 0 aliphatic rings. The van der Waals surface area contributed by atoms with Gasteiger partial charge in [-0.2, -0.15) is 0 Å². The molecule has 4 atom stereocenters. The highest BCUT2D eigenvalue weighted by Gasteiger charge is 2.21. The summed E-state index contributed by atoms with van der Waals surface area (Å²) in [6, 6.07) is 26.0. The molecule has 36 heavy (non-hydrogen) atoms. The quantitative estimate of drug-likeness (QED) is 0.173. The first-order valence-corrected chi connectivity index (χ1v) is 12.3. The Morgan fingerprint density at radius 3 is 1.81 bits per heavy atom. The number of halogens is 2. The molecule has 0 saturated carbocycles. The van der Waals surface area contributed by atoms with Crippen LogP contribution in [0.1, 0.15) is 54.7 Å². The Balaban J connectivity index is 0.00000324. The van der Waals surface area contributed by atoms with Crippen LogP contribution in [0, 0.1) is 6.92 Å². The minimum absolute atomic E-state index is 0. The molecule has 0 radical (unpaired) electrons. The minimum Gasteiger partial charge on any atom is -1.00 e. The van der Waals surface area contributed by atoms with Crippen molar-refractivity contribution in [3.05, 3.63) is 101 Å². The average Bonchev–Trinajstić information content (AvgIpc) is 2.87. The van der Waals surface area contributed by atoms with Gasteiger partial charge in [0.2, 0.25) is 0 Å². The van der Waals surface area contributed by atoms with E-state index in [1.54, 1.807) is 0 Å². The van der Waals surface area contributed by atoms with Crippen LogP contribution >= 0.6 is 0 Å². The van der Waals surface area contributed by atoms with Gasteiger partial charge < -0.3 is 50.4 Å². The van der Waals surface area contributed by atoms with Gasteiger partial charge in [0.15, 0.2) is 0 Å². The van der Waals surface area contributed by atoms with E-state index in [2.05, 4.69) is 36.6 Å². The van der Waals surface area contributed by atoms with Crippen molar-refractivity contribution in [2.24, 2.45) is 0 Å². The van der Waals surface area contributed by atoms with Gasteiger partial charge in [-0.1, -0.05) is 66.7 Å². The van der Waals surface area contributed by atoms with Gasteiger partial charge in [0.05, 0.1) is 13.1 Å². The lowest BCUT2D eigenvalue weighted by molar-refractivity contribution is -0.718. The predicted molar refractivity (Wildman–Crippen MR) is 135 cm³/mol. The van der Waals surface area contributed by atoms with Gasteiger partial charge >= 0.3 is 0 Å². The molecule has 0 spiro atoms. The molecule has 0 heterocycles. The normalized spacial score (nSPS) is 14.0. The van der Waals surface area contributed by atoms with E-state index in [9.17, 15) is 10.2 Å². The molecule has 0 fully saturated rings. The van der Waals surface area contributed by atoms with Crippen LogP contribution in [0.15, 0.2) is 78.9 Å². The number of rotatable bonds is 13. The number of nitrogens with two attached hydrogens (primary N) is 2. The van der Waals surface area contributed by atoms with Crippen LogP contribution in [0.5, 0.6) is 5.75 Å². The third-order valence-electron chi connectivity index (χ3n) is 6.40. The number of hydrogen-bond acceptors (Lipinski definition) is 3. The number of benzene rings is 3. The molecule has 5 nitrogen and oxygen atoms in total. The highest BCUT2D eigenvalue weighted by molar-refractivity contribution is 5.37. The van der Waals surface area contributed by atoms with E-state index in [0.29, 0.717) is 6.61 Å². The lowest BCUT2D eigenvalue weighted by Crippen LogP contribution is -3.00. The second-order valence-electron chi connectivity index (χ2n) is 9.22. The first-order chi connectivity index (χ1) is 16.5. The fourth-order valence-electron chi connectivity index (χ4n) is 4.15. The Morgan fingerprint density at radius 1 is 0.722 bits per heavy atom. The zero-order valence-corrected chi connectivity index (χ0v) is 22.9. The van der Waals surface area contributed by atoms with Crippen LogP contribution in [0.3, 0.4) is 0 Å². The van der Waals surface area contributed by atoms with Gasteiger partial charge in [0, 0.05) is 6.42 Å². The number of aliphatic hydroxyl groups excluding tert-OH is 2. The minimum atomic E-state index is -0.537. The molecule has 0 saturated heterocycles. The Morgan fingerprint density at radius 2 is 1.25 bits per heavy atom. The summed E-state index contributed by atoms with van der Waals surface area (Å²) < 4.78 is 5.96. The van der Waals surface area contributed by atoms with E-state index in [1.807, 2.05) is 73.7 Å². The fourth-order valence-corrected chi connectivity index (χ4v) is 4.15. The van der Waals surface area contributed by atoms with Gasteiger partial charge in [-0.3, -0.25) is 0 Å². The Bertz CT molecular complexity index is 992. The van der Waals surface area contributed by atoms with Crippen molar-refractivity contribution in [1.29, 1.82) is 0 Å². The molecule has 0 aliphatic heterocycles. The lowest BCUT2D eigenvalue weighted by atomic mass is 10.0. The Labute approximate surface area is 228 Å². The van der Waals surface area contributed by atoms with Crippen LogP contribution in [0.2, 0.25) is 0 Å².